The number of aromatic nitrogens is 4. The lowest BCUT2D eigenvalue weighted by atomic mass is 9.94. The highest BCUT2D eigenvalue weighted by Crippen LogP contribution is 2.22. The molecule has 0 unspecified atom stereocenters. The van der Waals surface area contributed by atoms with Crippen LogP contribution in [0.4, 0.5) is 0 Å². The molecule has 3 aromatic rings. The minimum Gasteiger partial charge on any atom is -0.497 e. The highest BCUT2D eigenvalue weighted by atomic mass is 16.5. The summed E-state index contributed by atoms with van der Waals surface area (Å²) in [6.07, 6.45) is 6.35. The average Bonchev–Trinajstić information content (AvgIpc) is 3.29. The number of methoxy groups -OCH3 is 1. The van der Waals surface area contributed by atoms with Crippen molar-refractivity contribution in [3.8, 4) is 17.0 Å². The van der Waals surface area contributed by atoms with E-state index in [9.17, 15) is 9.59 Å². The number of likely N-dealkylation sites (N-methyl/N-ethyl adjacent to an activating group) is 1. The van der Waals surface area contributed by atoms with E-state index in [2.05, 4.69) is 27.5 Å². The van der Waals surface area contributed by atoms with E-state index in [0.29, 0.717) is 29.6 Å². The van der Waals surface area contributed by atoms with Crippen LogP contribution in [0.15, 0.2) is 35.1 Å². The Hall–Kier alpha value is -3.20. The van der Waals surface area contributed by atoms with Crippen LogP contribution < -0.4 is 15.6 Å². The first-order chi connectivity index (χ1) is 16.0. The molecule has 0 spiro atoms. The van der Waals surface area contributed by atoms with Crippen molar-refractivity contribution >= 4 is 11.4 Å². The van der Waals surface area contributed by atoms with Crippen LogP contribution in [0, 0.1) is 6.92 Å². The number of rotatable bonds is 8. The fraction of sp³-hybridized carbons (Fsp3) is 0.500. The lowest BCUT2D eigenvalue weighted by Crippen LogP contribution is -2.41. The SMILES string of the molecule is COc1ccc(-c2cc3c(=O)n(CC(=O)NCCN(C)C4CCCCC4)nc(C)n3n2)cc1. The fourth-order valence-corrected chi connectivity index (χ4v) is 4.45. The molecule has 1 amide bonds. The molecule has 9 nitrogen and oxygen atoms in total. The highest BCUT2D eigenvalue weighted by Gasteiger charge is 2.18. The molecule has 1 aromatic carbocycles. The van der Waals surface area contributed by atoms with Gasteiger partial charge in [-0.25, -0.2) is 9.20 Å². The van der Waals surface area contributed by atoms with Gasteiger partial charge in [-0.05, 0) is 57.1 Å². The molecular formula is C24H32N6O3. The molecule has 0 radical (unpaired) electrons. The summed E-state index contributed by atoms with van der Waals surface area (Å²) in [5.74, 6) is 1.06. The standard InChI is InChI=1S/C24H32N6O3/c1-17-26-29(16-23(31)25-13-14-28(2)19-7-5-4-6-8-19)24(32)22-15-21(27-30(17)22)18-9-11-20(33-3)12-10-18/h9-12,15,19H,4-8,13-14,16H2,1-3H3,(H,25,31). The minimum atomic E-state index is -0.345. The molecule has 9 heteroatoms. The normalized spacial score (nSPS) is 14.7. The van der Waals surface area contributed by atoms with Crippen molar-refractivity contribution in [3.05, 3.63) is 46.5 Å². The molecule has 1 aliphatic rings. The van der Waals surface area contributed by atoms with Crippen molar-refractivity contribution in [1.29, 1.82) is 0 Å². The molecule has 33 heavy (non-hydrogen) atoms. The van der Waals surface area contributed by atoms with E-state index in [4.69, 9.17) is 4.74 Å². The maximum Gasteiger partial charge on any atom is 0.293 e. The average molecular weight is 453 g/mol. The van der Waals surface area contributed by atoms with Gasteiger partial charge < -0.3 is 15.0 Å². The first kappa shape index (κ1) is 23.0. The van der Waals surface area contributed by atoms with Crippen LogP contribution in [0.2, 0.25) is 0 Å². The lowest BCUT2D eigenvalue weighted by Gasteiger charge is -2.31. The number of carbonyl (C=O) groups is 1. The van der Waals surface area contributed by atoms with Gasteiger partial charge in [0.2, 0.25) is 5.91 Å². The number of aryl methyl sites for hydroxylation is 1. The van der Waals surface area contributed by atoms with E-state index in [1.54, 1.807) is 20.1 Å². The van der Waals surface area contributed by atoms with Gasteiger partial charge in [0, 0.05) is 24.7 Å². The molecular weight excluding hydrogens is 420 g/mol. The molecule has 1 aliphatic carbocycles. The predicted molar refractivity (Wildman–Crippen MR) is 126 cm³/mol. The Morgan fingerprint density at radius 2 is 1.91 bits per heavy atom. The predicted octanol–water partition coefficient (Wildman–Crippen LogP) is 2.26. The number of ether oxygens (including phenoxy) is 1. The van der Waals surface area contributed by atoms with Gasteiger partial charge in [0.15, 0.2) is 0 Å². The number of hydrogen-bond donors (Lipinski definition) is 1. The third kappa shape index (κ3) is 5.24. The Morgan fingerprint density at radius 3 is 2.61 bits per heavy atom. The number of fused-ring (bicyclic) bond motifs is 1. The Kier molecular flexibility index (Phi) is 7.08. The van der Waals surface area contributed by atoms with Crippen LogP contribution in [-0.2, 0) is 11.3 Å². The second-order valence-corrected chi connectivity index (χ2v) is 8.69. The zero-order chi connectivity index (χ0) is 23.4. The molecule has 0 aliphatic heterocycles. The van der Waals surface area contributed by atoms with Crippen LogP contribution in [-0.4, -0.2) is 63.5 Å². The maximum atomic E-state index is 13.0. The van der Waals surface area contributed by atoms with Crippen molar-refractivity contribution in [1.82, 2.24) is 29.6 Å². The molecule has 1 N–H and O–H groups in total. The monoisotopic (exact) mass is 452 g/mol. The van der Waals surface area contributed by atoms with Gasteiger partial charge in [-0.2, -0.15) is 10.2 Å². The topological polar surface area (TPSA) is 93.8 Å². The van der Waals surface area contributed by atoms with Crippen molar-refractivity contribution in [3.63, 3.8) is 0 Å². The zero-order valence-corrected chi connectivity index (χ0v) is 19.6. The van der Waals surface area contributed by atoms with Gasteiger partial charge in [0.25, 0.3) is 5.56 Å². The van der Waals surface area contributed by atoms with Crippen molar-refractivity contribution in [2.24, 2.45) is 0 Å². The van der Waals surface area contributed by atoms with Crippen molar-refractivity contribution in [2.75, 3.05) is 27.2 Å². The Bertz CT molecular complexity index is 1160. The highest BCUT2D eigenvalue weighted by molar-refractivity contribution is 5.75. The van der Waals surface area contributed by atoms with Crippen molar-refractivity contribution in [2.45, 2.75) is 51.6 Å². The first-order valence-electron chi connectivity index (χ1n) is 11.5. The Balaban J connectivity index is 1.42. The summed E-state index contributed by atoms with van der Waals surface area (Å²) < 4.78 is 7.93. The maximum absolute atomic E-state index is 13.0. The smallest absolute Gasteiger partial charge is 0.293 e. The van der Waals surface area contributed by atoms with Crippen LogP contribution in [0.3, 0.4) is 0 Å². The lowest BCUT2D eigenvalue weighted by molar-refractivity contribution is -0.122. The van der Waals surface area contributed by atoms with Gasteiger partial charge in [0.1, 0.15) is 23.6 Å². The number of carbonyl (C=O) groups excluding carboxylic acids is 1. The zero-order valence-electron chi connectivity index (χ0n) is 19.6. The van der Waals surface area contributed by atoms with E-state index in [1.807, 2.05) is 24.3 Å². The van der Waals surface area contributed by atoms with E-state index in [0.717, 1.165) is 17.9 Å². The van der Waals surface area contributed by atoms with Crippen molar-refractivity contribution < 1.29 is 9.53 Å². The second-order valence-electron chi connectivity index (χ2n) is 8.69. The third-order valence-corrected chi connectivity index (χ3v) is 6.40. The number of nitrogens with one attached hydrogen (secondary N) is 1. The summed E-state index contributed by atoms with van der Waals surface area (Å²) in [5, 5.41) is 11.8. The minimum absolute atomic E-state index is 0.119. The van der Waals surface area contributed by atoms with E-state index >= 15 is 0 Å². The van der Waals surface area contributed by atoms with Crippen LogP contribution in [0.25, 0.3) is 16.8 Å². The summed E-state index contributed by atoms with van der Waals surface area (Å²) in [5.41, 5.74) is 1.57. The first-order valence-corrected chi connectivity index (χ1v) is 11.5. The van der Waals surface area contributed by atoms with E-state index < -0.39 is 0 Å². The van der Waals surface area contributed by atoms with Gasteiger partial charge in [-0.3, -0.25) is 9.59 Å². The molecule has 4 rings (SSSR count). The number of nitrogens with zero attached hydrogens (tertiary/aromatic N) is 5. The van der Waals surface area contributed by atoms with Gasteiger partial charge in [0.05, 0.1) is 12.8 Å². The summed E-state index contributed by atoms with van der Waals surface area (Å²) in [4.78, 5) is 27.8. The molecule has 0 saturated heterocycles. The van der Waals surface area contributed by atoms with Gasteiger partial charge >= 0.3 is 0 Å². The second kappa shape index (κ2) is 10.2. The van der Waals surface area contributed by atoms with E-state index in [-0.39, 0.29) is 18.0 Å². The largest absolute Gasteiger partial charge is 0.497 e. The summed E-state index contributed by atoms with van der Waals surface area (Å²) in [7, 11) is 3.73. The van der Waals surface area contributed by atoms with Gasteiger partial charge in [-0.15, -0.1) is 0 Å². The molecule has 1 fully saturated rings. The van der Waals surface area contributed by atoms with E-state index in [1.165, 1.54) is 41.3 Å². The molecule has 2 aromatic heterocycles. The third-order valence-electron chi connectivity index (χ3n) is 6.40. The Labute approximate surface area is 193 Å². The van der Waals surface area contributed by atoms with Crippen LogP contribution >= 0.6 is 0 Å². The van der Waals surface area contributed by atoms with Crippen LogP contribution in [0.5, 0.6) is 5.75 Å². The summed E-state index contributed by atoms with van der Waals surface area (Å²) in [6, 6.07) is 9.80. The fourth-order valence-electron chi connectivity index (χ4n) is 4.45. The number of amides is 1. The molecule has 2 heterocycles. The summed E-state index contributed by atoms with van der Waals surface area (Å²) >= 11 is 0. The molecule has 176 valence electrons. The van der Waals surface area contributed by atoms with Crippen LogP contribution in [0.1, 0.15) is 37.9 Å². The summed E-state index contributed by atoms with van der Waals surface area (Å²) in [6.45, 7) is 3.00. The van der Waals surface area contributed by atoms with Gasteiger partial charge in [-0.1, -0.05) is 19.3 Å². The molecule has 0 bridgehead atoms. The molecule has 1 saturated carbocycles. The number of benzene rings is 1. The Morgan fingerprint density at radius 1 is 1.18 bits per heavy atom. The number of hydrogen-bond acceptors (Lipinski definition) is 6. The molecule has 0 atom stereocenters. The quantitative estimate of drug-likeness (QED) is 0.564.